The molecule has 0 bridgehead atoms. The number of ketones is 1. The maximum Gasteiger partial charge on any atom is 0.171 e. The van der Waals surface area contributed by atoms with Crippen LogP contribution in [-0.2, 0) is 4.79 Å². The molecule has 0 spiro atoms. The number of allylic oxidation sites excluding steroid dienone is 3. The highest BCUT2D eigenvalue weighted by Crippen LogP contribution is 2.32. The number of thiazole rings is 1. The molecule has 0 aliphatic heterocycles. The van der Waals surface area contributed by atoms with Gasteiger partial charge in [0, 0.05) is 28.9 Å². The summed E-state index contributed by atoms with van der Waals surface area (Å²) in [4.78, 5) is 20.7. The fourth-order valence-electron chi connectivity index (χ4n) is 2.09. The van der Waals surface area contributed by atoms with E-state index < -0.39 is 0 Å². The van der Waals surface area contributed by atoms with Crippen molar-refractivity contribution < 1.29 is 4.79 Å². The Kier molecular flexibility index (Phi) is 3.09. The fourth-order valence-corrected chi connectivity index (χ4v) is 2.97. The van der Waals surface area contributed by atoms with Crippen LogP contribution in [0.4, 0.5) is 0 Å². The molecule has 0 saturated carbocycles. The van der Waals surface area contributed by atoms with Gasteiger partial charge in [-0.15, -0.1) is 11.3 Å². The highest BCUT2D eigenvalue weighted by molar-refractivity contribution is 7.13. The van der Waals surface area contributed by atoms with Crippen LogP contribution in [-0.4, -0.2) is 15.8 Å². The van der Waals surface area contributed by atoms with Crippen LogP contribution in [0.3, 0.4) is 0 Å². The van der Waals surface area contributed by atoms with Gasteiger partial charge in [-0.1, -0.05) is 18.7 Å². The molecule has 0 fully saturated rings. The van der Waals surface area contributed by atoms with Crippen LogP contribution in [0.5, 0.6) is 0 Å². The summed E-state index contributed by atoms with van der Waals surface area (Å²) >= 11 is 1.55. The number of Topliss-reactive ketones (excluding diaryl/α,β-unsaturated/α-hetero) is 1. The molecule has 0 saturated heterocycles. The third-order valence-electron chi connectivity index (χ3n) is 3.13. The molecule has 0 radical (unpaired) electrons. The second kappa shape index (κ2) is 4.90. The summed E-state index contributed by atoms with van der Waals surface area (Å²) in [6, 6.07) is 3.84. The number of pyridine rings is 1. The first-order chi connectivity index (χ1) is 9.25. The molecule has 2 heterocycles. The van der Waals surface area contributed by atoms with E-state index in [4.69, 9.17) is 0 Å². The minimum atomic E-state index is -0.177. The van der Waals surface area contributed by atoms with Gasteiger partial charge in [0.05, 0.1) is 11.6 Å². The smallest absolute Gasteiger partial charge is 0.171 e. The Morgan fingerprint density at radius 3 is 2.89 bits per heavy atom. The van der Waals surface area contributed by atoms with E-state index in [2.05, 4.69) is 16.5 Å². The van der Waals surface area contributed by atoms with Crippen LogP contribution in [0.15, 0.2) is 54.2 Å². The van der Waals surface area contributed by atoms with Crippen molar-refractivity contribution in [2.75, 3.05) is 0 Å². The van der Waals surface area contributed by atoms with E-state index in [0.717, 1.165) is 16.3 Å². The first-order valence-corrected chi connectivity index (χ1v) is 6.89. The molecule has 3 nitrogen and oxygen atoms in total. The largest absolute Gasteiger partial charge is 0.293 e. The molecule has 1 aliphatic rings. The molecule has 4 heteroatoms. The third kappa shape index (κ3) is 2.27. The van der Waals surface area contributed by atoms with Gasteiger partial charge < -0.3 is 0 Å². The summed E-state index contributed by atoms with van der Waals surface area (Å²) in [5, 5.41) is 2.88. The molecular formula is C15H12N2OS. The van der Waals surface area contributed by atoms with Gasteiger partial charge in [-0.3, -0.25) is 9.78 Å². The van der Waals surface area contributed by atoms with Crippen LogP contribution in [0, 0.1) is 0 Å². The second-order valence-corrected chi connectivity index (χ2v) is 5.25. The molecule has 1 unspecified atom stereocenters. The summed E-state index contributed by atoms with van der Waals surface area (Å²) in [6.45, 7) is 3.77. The van der Waals surface area contributed by atoms with Gasteiger partial charge in [-0.05, 0) is 18.6 Å². The normalized spacial score (nSPS) is 18.8. The summed E-state index contributed by atoms with van der Waals surface area (Å²) in [5.74, 6) is -0.0987. The van der Waals surface area contributed by atoms with Crippen LogP contribution in [0.25, 0.3) is 10.6 Å². The van der Waals surface area contributed by atoms with Crippen LogP contribution < -0.4 is 0 Å². The lowest BCUT2D eigenvalue weighted by atomic mass is 9.88. The van der Waals surface area contributed by atoms with E-state index in [1.165, 1.54) is 0 Å². The number of hydrogen-bond acceptors (Lipinski definition) is 4. The van der Waals surface area contributed by atoms with Gasteiger partial charge in [0.25, 0.3) is 0 Å². The van der Waals surface area contributed by atoms with Crippen LogP contribution in [0.1, 0.15) is 18.0 Å². The Hall–Kier alpha value is -2.07. The van der Waals surface area contributed by atoms with Crippen molar-refractivity contribution in [1.82, 2.24) is 9.97 Å². The zero-order chi connectivity index (χ0) is 13.2. The molecular weight excluding hydrogens is 256 g/mol. The molecule has 1 atom stereocenters. The molecule has 1 aliphatic carbocycles. The molecule has 0 N–H and O–H groups in total. The van der Waals surface area contributed by atoms with E-state index >= 15 is 0 Å². The Balaban J connectivity index is 1.92. The summed E-state index contributed by atoms with van der Waals surface area (Å²) in [6.07, 6.45) is 7.96. The van der Waals surface area contributed by atoms with Crippen molar-refractivity contribution in [3.8, 4) is 10.6 Å². The van der Waals surface area contributed by atoms with Gasteiger partial charge in [0.1, 0.15) is 5.01 Å². The number of aromatic nitrogens is 2. The Morgan fingerprint density at radius 1 is 1.32 bits per heavy atom. The van der Waals surface area contributed by atoms with E-state index in [9.17, 15) is 4.79 Å². The summed E-state index contributed by atoms with van der Waals surface area (Å²) in [5.41, 5.74) is 2.44. The second-order valence-electron chi connectivity index (χ2n) is 4.39. The molecule has 2 aromatic heterocycles. The fraction of sp³-hybridized carbons (Fsp3) is 0.133. The minimum absolute atomic E-state index is 0.0779. The molecule has 2 aromatic rings. The lowest BCUT2D eigenvalue weighted by Gasteiger charge is -2.15. The maximum absolute atomic E-state index is 12.1. The molecule has 94 valence electrons. The lowest BCUT2D eigenvalue weighted by Crippen LogP contribution is -2.16. The number of nitrogens with zero attached hydrogens (tertiary/aromatic N) is 2. The van der Waals surface area contributed by atoms with Gasteiger partial charge in [0.15, 0.2) is 5.78 Å². The quantitative estimate of drug-likeness (QED) is 0.784. The predicted octanol–water partition coefficient (Wildman–Crippen LogP) is 3.37. The first kappa shape index (κ1) is 12.0. The van der Waals surface area contributed by atoms with E-state index in [-0.39, 0.29) is 11.7 Å². The molecule has 19 heavy (non-hydrogen) atoms. The van der Waals surface area contributed by atoms with Crippen molar-refractivity contribution in [1.29, 1.82) is 0 Å². The Morgan fingerprint density at radius 2 is 2.11 bits per heavy atom. The number of carbonyl (C=O) groups is 1. The highest BCUT2D eigenvalue weighted by Gasteiger charge is 2.26. The SMILES string of the molecule is C=C1C=CCC(c2csc(-c3ccncc3)n2)C1=O. The number of carbonyl (C=O) groups excluding carboxylic acids is 1. The predicted molar refractivity (Wildman–Crippen MR) is 76.0 cm³/mol. The number of hydrogen-bond donors (Lipinski definition) is 0. The van der Waals surface area contributed by atoms with E-state index in [1.54, 1.807) is 29.8 Å². The number of rotatable bonds is 2. The molecule has 0 amide bonds. The highest BCUT2D eigenvalue weighted by atomic mass is 32.1. The first-order valence-electron chi connectivity index (χ1n) is 6.01. The zero-order valence-electron chi connectivity index (χ0n) is 10.2. The zero-order valence-corrected chi connectivity index (χ0v) is 11.1. The van der Waals surface area contributed by atoms with Gasteiger partial charge in [-0.25, -0.2) is 4.98 Å². The standard InChI is InChI=1S/C15H12N2OS/c1-10-3-2-4-12(14(10)18)13-9-19-15(17-13)11-5-7-16-8-6-11/h2-3,5-9,12H,1,4H2. The summed E-state index contributed by atoms with van der Waals surface area (Å²) in [7, 11) is 0. The van der Waals surface area contributed by atoms with Crippen molar-refractivity contribution in [2.45, 2.75) is 12.3 Å². The summed E-state index contributed by atoms with van der Waals surface area (Å²) < 4.78 is 0. The topological polar surface area (TPSA) is 42.9 Å². The third-order valence-corrected chi connectivity index (χ3v) is 4.04. The Bertz CT molecular complexity index is 658. The van der Waals surface area contributed by atoms with Crippen molar-refractivity contribution in [2.24, 2.45) is 0 Å². The van der Waals surface area contributed by atoms with Crippen molar-refractivity contribution in [3.05, 3.63) is 59.9 Å². The van der Waals surface area contributed by atoms with Crippen molar-refractivity contribution in [3.63, 3.8) is 0 Å². The van der Waals surface area contributed by atoms with E-state index in [0.29, 0.717) is 12.0 Å². The Labute approximate surface area is 115 Å². The molecule has 0 aromatic carbocycles. The lowest BCUT2D eigenvalue weighted by molar-refractivity contribution is -0.116. The average molecular weight is 268 g/mol. The molecule has 3 rings (SSSR count). The van der Waals surface area contributed by atoms with Crippen LogP contribution >= 0.6 is 11.3 Å². The average Bonchev–Trinajstić information content (AvgIpc) is 2.92. The van der Waals surface area contributed by atoms with Crippen LogP contribution in [0.2, 0.25) is 0 Å². The van der Waals surface area contributed by atoms with Crippen molar-refractivity contribution >= 4 is 17.1 Å². The van der Waals surface area contributed by atoms with Gasteiger partial charge >= 0.3 is 0 Å². The minimum Gasteiger partial charge on any atom is -0.293 e. The van der Waals surface area contributed by atoms with E-state index in [1.807, 2.05) is 23.6 Å². The van der Waals surface area contributed by atoms with Gasteiger partial charge in [0.2, 0.25) is 0 Å². The maximum atomic E-state index is 12.1. The van der Waals surface area contributed by atoms with Gasteiger partial charge in [-0.2, -0.15) is 0 Å². The monoisotopic (exact) mass is 268 g/mol.